The number of nitrogens with one attached hydrogen (secondary N) is 2. The fourth-order valence-electron chi connectivity index (χ4n) is 3.58. The van der Waals surface area contributed by atoms with Crippen molar-refractivity contribution >= 4 is 5.96 Å². The van der Waals surface area contributed by atoms with Crippen molar-refractivity contribution in [2.45, 2.75) is 32.9 Å². The van der Waals surface area contributed by atoms with E-state index >= 15 is 0 Å². The normalized spacial score (nSPS) is 13.0. The molecule has 0 spiro atoms. The van der Waals surface area contributed by atoms with Crippen LogP contribution in [0.1, 0.15) is 29.2 Å². The molecule has 4 rings (SSSR count). The molecular weight excluding hydrogens is 374 g/mol. The first-order valence-corrected chi connectivity index (χ1v) is 10.6. The maximum atomic E-state index is 5.59. The first-order chi connectivity index (χ1) is 14.8. The fourth-order valence-corrected chi connectivity index (χ4v) is 3.58. The Bertz CT molecular complexity index is 980. The average Bonchev–Trinajstić information content (AvgIpc) is 3.41. The van der Waals surface area contributed by atoms with E-state index in [1.807, 2.05) is 16.9 Å². The van der Waals surface area contributed by atoms with Gasteiger partial charge in [-0.3, -0.25) is 4.68 Å². The summed E-state index contributed by atoms with van der Waals surface area (Å²) in [4.78, 5) is 4.71. The summed E-state index contributed by atoms with van der Waals surface area (Å²) in [6.45, 7) is 5.91. The Morgan fingerprint density at radius 3 is 2.87 bits per heavy atom. The van der Waals surface area contributed by atoms with Crippen LogP contribution in [-0.4, -0.2) is 35.4 Å². The molecule has 6 heteroatoms. The average molecular weight is 404 g/mol. The number of nitrogens with zero attached hydrogens (tertiary/aromatic N) is 3. The molecule has 2 aromatic carbocycles. The van der Waals surface area contributed by atoms with Gasteiger partial charge >= 0.3 is 0 Å². The van der Waals surface area contributed by atoms with E-state index in [1.54, 1.807) is 0 Å². The first-order valence-electron chi connectivity index (χ1n) is 10.6. The summed E-state index contributed by atoms with van der Waals surface area (Å²) in [6, 6.07) is 16.8. The minimum absolute atomic E-state index is 0.598. The van der Waals surface area contributed by atoms with Crippen LogP contribution < -0.4 is 15.4 Å². The maximum Gasteiger partial charge on any atom is 0.191 e. The molecule has 0 amide bonds. The summed E-state index contributed by atoms with van der Waals surface area (Å²) in [6.07, 6.45) is 5.92. The second kappa shape index (κ2) is 9.96. The lowest BCUT2D eigenvalue weighted by Gasteiger charge is -2.11. The van der Waals surface area contributed by atoms with Crippen molar-refractivity contribution < 1.29 is 4.74 Å². The Balaban J connectivity index is 1.29. The Morgan fingerprint density at radius 2 is 2.00 bits per heavy atom. The van der Waals surface area contributed by atoms with Gasteiger partial charge in [-0.15, -0.1) is 0 Å². The van der Waals surface area contributed by atoms with E-state index in [1.165, 1.54) is 16.7 Å². The van der Waals surface area contributed by atoms with Crippen LogP contribution >= 0.6 is 0 Å². The molecule has 2 heterocycles. The van der Waals surface area contributed by atoms with Crippen LogP contribution in [0.3, 0.4) is 0 Å². The smallest absolute Gasteiger partial charge is 0.191 e. The molecule has 0 saturated carbocycles. The third-order valence-corrected chi connectivity index (χ3v) is 5.10. The minimum Gasteiger partial charge on any atom is -0.493 e. The van der Waals surface area contributed by atoms with Gasteiger partial charge in [-0.25, -0.2) is 4.99 Å². The van der Waals surface area contributed by atoms with Gasteiger partial charge in [0.25, 0.3) is 0 Å². The first kappa shape index (κ1) is 20.0. The monoisotopic (exact) mass is 403 g/mol. The summed E-state index contributed by atoms with van der Waals surface area (Å²) in [5.74, 6) is 1.87. The maximum absolute atomic E-state index is 5.59. The number of aliphatic imine (C=N–C) groups is 1. The van der Waals surface area contributed by atoms with Gasteiger partial charge < -0.3 is 15.4 Å². The molecule has 30 heavy (non-hydrogen) atoms. The van der Waals surface area contributed by atoms with Gasteiger partial charge in [-0.2, -0.15) is 5.10 Å². The lowest BCUT2D eigenvalue weighted by molar-refractivity contribution is 0.357. The summed E-state index contributed by atoms with van der Waals surface area (Å²) in [5.41, 5.74) is 4.98. The lowest BCUT2D eigenvalue weighted by Crippen LogP contribution is -2.38. The van der Waals surface area contributed by atoms with Crippen LogP contribution in [0.15, 0.2) is 65.9 Å². The van der Waals surface area contributed by atoms with E-state index < -0.39 is 0 Å². The van der Waals surface area contributed by atoms with Crippen molar-refractivity contribution in [1.82, 2.24) is 20.4 Å². The fraction of sp³-hybridized carbons (Fsp3) is 0.333. The van der Waals surface area contributed by atoms with Gasteiger partial charge in [-0.05, 0) is 36.1 Å². The zero-order valence-corrected chi connectivity index (χ0v) is 17.5. The summed E-state index contributed by atoms with van der Waals surface area (Å²) < 4.78 is 7.54. The molecule has 0 aliphatic carbocycles. The molecule has 0 atom stereocenters. The van der Waals surface area contributed by atoms with Crippen molar-refractivity contribution in [3.05, 3.63) is 83.2 Å². The molecule has 0 unspecified atom stereocenters. The number of fused-ring (bicyclic) bond motifs is 1. The molecule has 0 fully saturated rings. The van der Waals surface area contributed by atoms with Crippen molar-refractivity contribution in [2.75, 3.05) is 19.7 Å². The number of aromatic nitrogens is 2. The highest BCUT2D eigenvalue weighted by Crippen LogP contribution is 2.25. The van der Waals surface area contributed by atoms with Gasteiger partial charge in [0.05, 0.1) is 25.9 Å². The zero-order valence-electron chi connectivity index (χ0n) is 17.5. The topological polar surface area (TPSA) is 63.5 Å². The number of benzene rings is 2. The van der Waals surface area contributed by atoms with Gasteiger partial charge in [0.2, 0.25) is 0 Å². The highest BCUT2D eigenvalue weighted by Gasteiger charge is 2.11. The molecule has 0 bridgehead atoms. The Hall–Kier alpha value is -3.28. The highest BCUT2D eigenvalue weighted by molar-refractivity contribution is 5.79. The number of hydrogen-bond donors (Lipinski definition) is 2. The molecule has 1 aliphatic heterocycles. The van der Waals surface area contributed by atoms with Crippen LogP contribution in [0.2, 0.25) is 0 Å². The predicted octanol–water partition coefficient (Wildman–Crippen LogP) is 3.16. The molecule has 156 valence electrons. The minimum atomic E-state index is 0.598. The molecule has 6 nitrogen and oxygen atoms in total. The van der Waals surface area contributed by atoms with E-state index in [0.29, 0.717) is 6.54 Å². The van der Waals surface area contributed by atoms with E-state index in [0.717, 1.165) is 56.4 Å². The van der Waals surface area contributed by atoms with Gasteiger partial charge in [0.1, 0.15) is 5.75 Å². The van der Waals surface area contributed by atoms with Crippen molar-refractivity contribution in [3.63, 3.8) is 0 Å². The Labute approximate surface area is 178 Å². The van der Waals surface area contributed by atoms with Crippen molar-refractivity contribution in [3.8, 4) is 5.75 Å². The summed E-state index contributed by atoms with van der Waals surface area (Å²) in [7, 11) is 0. The van der Waals surface area contributed by atoms with Gasteiger partial charge in [-0.1, -0.05) is 42.5 Å². The Kier molecular flexibility index (Phi) is 6.65. The van der Waals surface area contributed by atoms with Crippen LogP contribution in [0.4, 0.5) is 0 Å². The molecular formula is C24H29N5O. The van der Waals surface area contributed by atoms with Crippen molar-refractivity contribution in [1.29, 1.82) is 0 Å². The lowest BCUT2D eigenvalue weighted by atomic mass is 10.1. The largest absolute Gasteiger partial charge is 0.493 e. The molecule has 1 aromatic heterocycles. The van der Waals surface area contributed by atoms with Crippen molar-refractivity contribution in [2.24, 2.45) is 4.99 Å². The van der Waals surface area contributed by atoms with Crippen LogP contribution in [0.25, 0.3) is 0 Å². The Morgan fingerprint density at radius 1 is 1.10 bits per heavy atom. The third-order valence-electron chi connectivity index (χ3n) is 5.10. The van der Waals surface area contributed by atoms with Crippen LogP contribution in [0, 0.1) is 0 Å². The number of rotatable bonds is 8. The van der Waals surface area contributed by atoms with Gasteiger partial charge in [0.15, 0.2) is 5.96 Å². The second-order valence-corrected chi connectivity index (χ2v) is 7.44. The SMILES string of the molecule is CCNC(=NCc1cnn(Cc2ccccc2)c1)NCCc1ccc2c(c1)CCO2. The van der Waals surface area contributed by atoms with Gasteiger partial charge in [0, 0.05) is 31.3 Å². The van der Waals surface area contributed by atoms with Crippen LogP contribution in [0.5, 0.6) is 5.75 Å². The van der Waals surface area contributed by atoms with E-state index in [2.05, 4.69) is 71.3 Å². The quantitative estimate of drug-likeness (QED) is 0.448. The van der Waals surface area contributed by atoms with E-state index in [4.69, 9.17) is 9.73 Å². The summed E-state index contributed by atoms with van der Waals surface area (Å²) >= 11 is 0. The molecule has 0 radical (unpaired) electrons. The number of hydrogen-bond acceptors (Lipinski definition) is 3. The molecule has 2 N–H and O–H groups in total. The van der Waals surface area contributed by atoms with E-state index in [9.17, 15) is 0 Å². The number of guanidine groups is 1. The summed E-state index contributed by atoms with van der Waals surface area (Å²) in [5, 5.41) is 11.2. The standard InChI is InChI=1S/C24H29N5O/c1-2-25-24(26-12-10-19-8-9-23-22(14-19)11-13-30-23)27-15-21-16-28-29(18-21)17-20-6-4-3-5-7-20/h3-9,14,16,18H,2,10-13,15,17H2,1H3,(H2,25,26,27). The van der Waals surface area contributed by atoms with E-state index in [-0.39, 0.29) is 0 Å². The second-order valence-electron chi connectivity index (χ2n) is 7.44. The molecule has 1 aliphatic rings. The number of ether oxygens (including phenoxy) is 1. The predicted molar refractivity (Wildman–Crippen MR) is 120 cm³/mol. The zero-order chi connectivity index (χ0) is 20.6. The highest BCUT2D eigenvalue weighted by atomic mass is 16.5. The molecule has 3 aromatic rings. The third kappa shape index (κ3) is 5.41. The molecule has 0 saturated heterocycles. The van der Waals surface area contributed by atoms with Crippen LogP contribution in [-0.2, 0) is 25.9 Å².